The summed E-state index contributed by atoms with van der Waals surface area (Å²) in [7, 11) is 0. The molecule has 17 heavy (non-hydrogen) atoms. The number of allylic oxidation sites excluding steroid dienone is 2. The van der Waals surface area contributed by atoms with Crippen molar-refractivity contribution in [3.63, 3.8) is 0 Å². The van der Waals surface area contributed by atoms with Crippen molar-refractivity contribution in [1.29, 1.82) is 0 Å². The lowest BCUT2D eigenvalue weighted by Gasteiger charge is -2.14. The summed E-state index contributed by atoms with van der Waals surface area (Å²) in [5.41, 5.74) is 1.68. The number of aromatic amines is 1. The Morgan fingerprint density at radius 1 is 1.24 bits per heavy atom. The van der Waals surface area contributed by atoms with E-state index in [1.165, 1.54) is 25.0 Å². The Kier molecular flexibility index (Phi) is 1.76. The van der Waals surface area contributed by atoms with E-state index in [9.17, 15) is 4.39 Å². The Morgan fingerprint density at radius 3 is 2.94 bits per heavy atom. The number of H-pyrrole nitrogens is 1. The minimum Gasteiger partial charge on any atom is -0.342 e. The molecule has 1 aromatic heterocycles. The summed E-state index contributed by atoms with van der Waals surface area (Å²) in [5.74, 6) is 2.68. The van der Waals surface area contributed by atoms with Crippen molar-refractivity contribution < 1.29 is 4.39 Å². The molecule has 2 nitrogen and oxygen atoms in total. The van der Waals surface area contributed by atoms with E-state index in [0.717, 1.165) is 22.8 Å². The van der Waals surface area contributed by atoms with Gasteiger partial charge in [0.25, 0.3) is 0 Å². The van der Waals surface area contributed by atoms with Crippen molar-refractivity contribution in [1.82, 2.24) is 9.97 Å². The molecule has 0 radical (unpaired) electrons. The van der Waals surface area contributed by atoms with E-state index >= 15 is 0 Å². The molecule has 2 aromatic rings. The first-order valence-corrected chi connectivity index (χ1v) is 6.13. The van der Waals surface area contributed by atoms with Crippen LogP contribution in [0.5, 0.6) is 0 Å². The van der Waals surface area contributed by atoms with Gasteiger partial charge in [0.1, 0.15) is 11.6 Å². The van der Waals surface area contributed by atoms with Gasteiger partial charge < -0.3 is 4.98 Å². The molecule has 3 atom stereocenters. The van der Waals surface area contributed by atoms with Crippen LogP contribution in [0.15, 0.2) is 30.4 Å². The smallest absolute Gasteiger partial charge is 0.125 e. The maximum Gasteiger partial charge on any atom is 0.125 e. The van der Waals surface area contributed by atoms with Gasteiger partial charge in [0.15, 0.2) is 0 Å². The standard InChI is InChI=1S/C14H13FN2/c15-10-3-4-12-13(7-10)17-14(16-12)11-6-8-1-2-9(11)5-8/h1-4,7-9,11H,5-6H2,(H,16,17). The first-order valence-electron chi connectivity index (χ1n) is 6.13. The van der Waals surface area contributed by atoms with Crippen LogP contribution in [0.3, 0.4) is 0 Å². The van der Waals surface area contributed by atoms with Crippen LogP contribution in [0.1, 0.15) is 24.6 Å². The molecule has 0 amide bonds. The summed E-state index contributed by atoms with van der Waals surface area (Å²) in [4.78, 5) is 7.88. The SMILES string of the molecule is Fc1ccc2nc(C3CC4C=CC3C4)[nH]c2c1. The van der Waals surface area contributed by atoms with Gasteiger partial charge in [0.05, 0.1) is 11.0 Å². The molecule has 1 heterocycles. The van der Waals surface area contributed by atoms with E-state index in [-0.39, 0.29) is 5.82 Å². The van der Waals surface area contributed by atoms with Crippen molar-refractivity contribution in [3.05, 3.63) is 42.0 Å². The monoisotopic (exact) mass is 228 g/mol. The first-order chi connectivity index (χ1) is 8.29. The Morgan fingerprint density at radius 2 is 2.18 bits per heavy atom. The van der Waals surface area contributed by atoms with Crippen LogP contribution in [-0.2, 0) is 0 Å². The molecule has 1 saturated carbocycles. The minimum atomic E-state index is -0.208. The highest BCUT2D eigenvalue weighted by molar-refractivity contribution is 5.75. The normalized spacial score (nSPS) is 30.5. The molecule has 86 valence electrons. The van der Waals surface area contributed by atoms with Crippen LogP contribution in [0.2, 0.25) is 0 Å². The molecule has 4 rings (SSSR count). The van der Waals surface area contributed by atoms with Crippen LogP contribution >= 0.6 is 0 Å². The predicted octanol–water partition coefficient (Wildman–Crippen LogP) is 3.38. The zero-order valence-corrected chi connectivity index (χ0v) is 9.36. The molecule has 2 aliphatic carbocycles. The van der Waals surface area contributed by atoms with Crippen molar-refractivity contribution in [2.45, 2.75) is 18.8 Å². The van der Waals surface area contributed by atoms with Crippen LogP contribution in [-0.4, -0.2) is 9.97 Å². The third kappa shape index (κ3) is 1.35. The second kappa shape index (κ2) is 3.19. The molecule has 0 saturated heterocycles. The third-order valence-corrected chi connectivity index (χ3v) is 4.09. The lowest BCUT2D eigenvalue weighted by atomic mass is 9.93. The van der Waals surface area contributed by atoms with Gasteiger partial charge >= 0.3 is 0 Å². The Hall–Kier alpha value is -1.64. The van der Waals surface area contributed by atoms with Crippen molar-refractivity contribution in [2.24, 2.45) is 11.8 Å². The summed E-state index contributed by atoms with van der Waals surface area (Å²) >= 11 is 0. The average molecular weight is 228 g/mol. The average Bonchev–Trinajstić information content (AvgIpc) is 3.01. The first kappa shape index (κ1) is 9.40. The van der Waals surface area contributed by atoms with Gasteiger partial charge in [-0.25, -0.2) is 9.37 Å². The molecular formula is C14H13FN2. The number of aromatic nitrogens is 2. The van der Waals surface area contributed by atoms with Gasteiger partial charge in [0, 0.05) is 5.92 Å². The third-order valence-electron chi connectivity index (χ3n) is 4.09. The zero-order valence-electron chi connectivity index (χ0n) is 9.36. The summed E-state index contributed by atoms with van der Waals surface area (Å²) < 4.78 is 13.1. The molecule has 2 bridgehead atoms. The molecule has 1 N–H and O–H groups in total. The van der Waals surface area contributed by atoms with Gasteiger partial charge in [-0.05, 0) is 42.9 Å². The topological polar surface area (TPSA) is 28.7 Å². The van der Waals surface area contributed by atoms with Crippen LogP contribution in [0, 0.1) is 17.7 Å². The lowest BCUT2D eigenvalue weighted by molar-refractivity contribution is 0.559. The lowest BCUT2D eigenvalue weighted by Crippen LogP contribution is -2.06. The van der Waals surface area contributed by atoms with E-state index in [0.29, 0.717) is 11.8 Å². The van der Waals surface area contributed by atoms with Crippen LogP contribution in [0.4, 0.5) is 4.39 Å². The summed E-state index contributed by atoms with van der Waals surface area (Å²) in [6.45, 7) is 0. The predicted molar refractivity (Wildman–Crippen MR) is 64.1 cm³/mol. The van der Waals surface area contributed by atoms with Gasteiger partial charge in [-0.2, -0.15) is 0 Å². The number of hydrogen-bond donors (Lipinski definition) is 1. The molecule has 2 aliphatic rings. The highest BCUT2D eigenvalue weighted by Crippen LogP contribution is 2.48. The minimum absolute atomic E-state index is 0.208. The number of halogens is 1. The maximum atomic E-state index is 13.1. The summed E-state index contributed by atoms with van der Waals surface area (Å²) in [5, 5.41) is 0. The number of nitrogens with one attached hydrogen (secondary N) is 1. The van der Waals surface area contributed by atoms with Crippen LogP contribution < -0.4 is 0 Å². The number of hydrogen-bond acceptors (Lipinski definition) is 1. The molecule has 3 unspecified atom stereocenters. The van der Waals surface area contributed by atoms with E-state index in [4.69, 9.17) is 0 Å². The second-order valence-corrected chi connectivity index (χ2v) is 5.17. The van der Waals surface area contributed by atoms with E-state index < -0.39 is 0 Å². The molecule has 3 heteroatoms. The van der Waals surface area contributed by atoms with Crippen molar-refractivity contribution >= 4 is 11.0 Å². The van der Waals surface area contributed by atoms with Gasteiger partial charge in [-0.15, -0.1) is 0 Å². The quantitative estimate of drug-likeness (QED) is 0.745. The molecular weight excluding hydrogens is 215 g/mol. The fourth-order valence-electron chi connectivity index (χ4n) is 3.27. The number of rotatable bonds is 1. The van der Waals surface area contributed by atoms with Gasteiger partial charge in [-0.3, -0.25) is 0 Å². The molecule has 1 aromatic carbocycles. The Labute approximate surface area is 98.6 Å². The molecule has 0 spiro atoms. The number of fused-ring (bicyclic) bond motifs is 3. The summed E-state index contributed by atoms with van der Waals surface area (Å²) in [6.07, 6.45) is 7.08. The van der Waals surface area contributed by atoms with Crippen molar-refractivity contribution in [3.8, 4) is 0 Å². The Balaban J connectivity index is 1.79. The van der Waals surface area contributed by atoms with Crippen molar-refractivity contribution in [2.75, 3.05) is 0 Å². The molecule has 1 fully saturated rings. The number of imidazole rings is 1. The van der Waals surface area contributed by atoms with E-state index in [1.54, 1.807) is 6.07 Å². The highest BCUT2D eigenvalue weighted by Gasteiger charge is 2.38. The Bertz CT molecular complexity index is 614. The fourth-order valence-corrected chi connectivity index (χ4v) is 3.27. The van der Waals surface area contributed by atoms with Crippen LogP contribution in [0.25, 0.3) is 11.0 Å². The number of nitrogens with zero attached hydrogens (tertiary/aromatic N) is 1. The molecule has 0 aliphatic heterocycles. The highest BCUT2D eigenvalue weighted by atomic mass is 19.1. The van der Waals surface area contributed by atoms with Gasteiger partial charge in [-0.1, -0.05) is 12.2 Å². The summed E-state index contributed by atoms with van der Waals surface area (Å²) in [6, 6.07) is 4.73. The van der Waals surface area contributed by atoms with E-state index in [1.807, 2.05) is 0 Å². The fraction of sp³-hybridized carbons (Fsp3) is 0.357. The zero-order chi connectivity index (χ0) is 11.4. The number of benzene rings is 1. The van der Waals surface area contributed by atoms with E-state index in [2.05, 4.69) is 22.1 Å². The second-order valence-electron chi connectivity index (χ2n) is 5.17. The van der Waals surface area contributed by atoms with Gasteiger partial charge in [0.2, 0.25) is 0 Å². The largest absolute Gasteiger partial charge is 0.342 e. The maximum absolute atomic E-state index is 13.1.